The molecule has 0 saturated carbocycles. The Bertz CT molecular complexity index is 557. The fourth-order valence-electron chi connectivity index (χ4n) is 2.33. The van der Waals surface area contributed by atoms with Crippen LogP contribution in [0.25, 0.3) is 6.08 Å². The van der Waals surface area contributed by atoms with Gasteiger partial charge in [-0.15, -0.1) is 6.58 Å². The van der Waals surface area contributed by atoms with Crippen LogP contribution in [0.4, 0.5) is 0 Å². The second-order valence-corrected chi connectivity index (χ2v) is 5.20. The molecule has 1 heteroatoms. The first kappa shape index (κ1) is 15.3. The van der Waals surface area contributed by atoms with E-state index in [1.54, 1.807) is 0 Å². The largest absolute Gasteiger partial charge is 0.304 e. The average Bonchev–Trinajstić information content (AvgIpc) is 2.54. The molecule has 1 nitrogen and oxygen atoms in total. The van der Waals surface area contributed by atoms with Gasteiger partial charge in [0.25, 0.3) is 0 Å². The summed E-state index contributed by atoms with van der Waals surface area (Å²) in [6.45, 7) is 6.06. The summed E-state index contributed by atoms with van der Waals surface area (Å²) in [5.74, 6) is 0. The van der Waals surface area contributed by atoms with E-state index in [4.69, 9.17) is 0 Å². The van der Waals surface area contributed by atoms with Crippen molar-refractivity contribution in [1.29, 1.82) is 0 Å². The minimum absolute atomic E-state index is 0.290. The Balaban J connectivity index is 2.02. The summed E-state index contributed by atoms with van der Waals surface area (Å²) in [5.41, 5.74) is 2.53. The van der Waals surface area contributed by atoms with E-state index in [1.807, 2.05) is 18.2 Å². The molecule has 1 N–H and O–H groups in total. The molecule has 0 aliphatic carbocycles. The third-order valence-electron chi connectivity index (χ3n) is 3.50. The minimum atomic E-state index is 0.290. The summed E-state index contributed by atoms with van der Waals surface area (Å²) in [6, 6.07) is 21.5. The fourth-order valence-corrected chi connectivity index (χ4v) is 2.33. The molecule has 0 radical (unpaired) electrons. The van der Waals surface area contributed by atoms with Gasteiger partial charge in [-0.1, -0.05) is 78.9 Å². The van der Waals surface area contributed by atoms with Crippen LogP contribution in [0.5, 0.6) is 0 Å². The quantitative estimate of drug-likeness (QED) is 0.703. The predicted molar refractivity (Wildman–Crippen MR) is 92.1 cm³/mol. The number of hydrogen-bond acceptors (Lipinski definition) is 1. The lowest BCUT2D eigenvalue weighted by molar-refractivity contribution is 0.515. The van der Waals surface area contributed by atoms with Crippen LogP contribution >= 0.6 is 0 Å². The van der Waals surface area contributed by atoms with Crippen LogP contribution in [0.2, 0.25) is 0 Å². The maximum Gasteiger partial charge on any atom is 0.0297 e. The van der Waals surface area contributed by atoms with Gasteiger partial charge in [0.2, 0.25) is 0 Å². The molecule has 2 aromatic rings. The Hall–Kier alpha value is -2.12. The number of benzene rings is 2. The molecule has 2 atom stereocenters. The van der Waals surface area contributed by atoms with Crippen molar-refractivity contribution in [3.8, 4) is 0 Å². The molecule has 0 aliphatic rings. The Morgan fingerprint density at radius 1 is 1.00 bits per heavy atom. The average molecular weight is 277 g/mol. The summed E-state index contributed by atoms with van der Waals surface area (Å²) >= 11 is 0. The van der Waals surface area contributed by atoms with E-state index in [-0.39, 0.29) is 6.04 Å². The third kappa shape index (κ3) is 5.05. The van der Waals surface area contributed by atoms with Gasteiger partial charge >= 0.3 is 0 Å². The van der Waals surface area contributed by atoms with Gasteiger partial charge in [-0.25, -0.2) is 0 Å². The van der Waals surface area contributed by atoms with Crippen LogP contribution in [-0.2, 0) is 0 Å². The van der Waals surface area contributed by atoms with Gasteiger partial charge in [-0.3, -0.25) is 0 Å². The van der Waals surface area contributed by atoms with Crippen molar-refractivity contribution in [2.24, 2.45) is 0 Å². The topological polar surface area (TPSA) is 12.0 Å². The lowest BCUT2D eigenvalue weighted by Crippen LogP contribution is -2.29. The van der Waals surface area contributed by atoms with Gasteiger partial charge in [-0.05, 0) is 24.5 Å². The van der Waals surface area contributed by atoms with Gasteiger partial charge in [0.05, 0.1) is 0 Å². The molecule has 0 bridgehead atoms. The summed E-state index contributed by atoms with van der Waals surface area (Å²) < 4.78 is 0. The van der Waals surface area contributed by atoms with E-state index in [0.29, 0.717) is 6.04 Å². The molecular formula is C20H23N. The van der Waals surface area contributed by atoms with Crippen LogP contribution < -0.4 is 5.32 Å². The van der Waals surface area contributed by atoms with Gasteiger partial charge in [-0.2, -0.15) is 0 Å². The highest BCUT2D eigenvalue weighted by Gasteiger charge is 2.09. The number of rotatable bonds is 7. The molecular weight excluding hydrogens is 254 g/mol. The van der Waals surface area contributed by atoms with Crippen LogP contribution in [0.1, 0.15) is 30.5 Å². The standard InChI is InChI=1S/C20H23N/c1-3-10-20(16-15-18-11-6-4-7-12-18)21-17(2)19-13-8-5-9-14-19/h3-9,11-17,20-21H,1,10H2,2H3/b16-15+/t17-,20-/m1/s1. The summed E-state index contributed by atoms with van der Waals surface area (Å²) in [7, 11) is 0. The molecule has 2 rings (SSSR count). The third-order valence-corrected chi connectivity index (χ3v) is 3.50. The minimum Gasteiger partial charge on any atom is -0.304 e. The highest BCUT2D eigenvalue weighted by Crippen LogP contribution is 2.14. The maximum atomic E-state index is 3.86. The number of hydrogen-bond donors (Lipinski definition) is 1. The van der Waals surface area contributed by atoms with Gasteiger partial charge in [0.1, 0.15) is 0 Å². The van der Waals surface area contributed by atoms with Crippen molar-refractivity contribution in [3.63, 3.8) is 0 Å². The lowest BCUT2D eigenvalue weighted by Gasteiger charge is -2.20. The zero-order valence-electron chi connectivity index (χ0n) is 12.6. The second-order valence-electron chi connectivity index (χ2n) is 5.20. The zero-order valence-corrected chi connectivity index (χ0v) is 12.6. The highest BCUT2D eigenvalue weighted by molar-refractivity contribution is 5.49. The van der Waals surface area contributed by atoms with Crippen LogP contribution in [0.3, 0.4) is 0 Å². The van der Waals surface area contributed by atoms with Crippen molar-refractivity contribution in [2.45, 2.75) is 25.4 Å². The Kier molecular flexibility index (Phi) is 5.99. The Morgan fingerprint density at radius 2 is 1.62 bits per heavy atom. The summed E-state index contributed by atoms with van der Waals surface area (Å²) in [4.78, 5) is 0. The van der Waals surface area contributed by atoms with Gasteiger partial charge in [0.15, 0.2) is 0 Å². The summed E-state index contributed by atoms with van der Waals surface area (Å²) in [6.07, 6.45) is 7.26. The van der Waals surface area contributed by atoms with Gasteiger partial charge in [0, 0.05) is 12.1 Å². The Morgan fingerprint density at radius 3 is 2.24 bits per heavy atom. The van der Waals surface area contributed by atoms with Crippen LogP contribution in [0, 0.1) is 0 Å². The normalized spacial score (nSPS) is 14.0. The first-order chi connectivity index (χ1) is 10.3. The monoisotopic (exact) mass is 277 g/mol. The molecule has 0 fully saturated rings. The molecule has 0 spiro atoms. The first-order valence-electron chi connectivity index (χ1n) is 7.44. The highest BCUT2D eigenvalue weighted by atomic mass is 14.9. The SMILES string of the molecule is C=CC[C@H](/C=C/c1ccccc1)N[C@H](C)c1ccccc1. The second kappa shape index (κ2) is 8.23. The molecule has 0 aromatic heterocycles. The van der Waals surface area contributed by atoms with Crippen molar-refractivity contribution < 1.29 is 0 Å². The number of nitrogens with one attached hydrogen (secondary N) is 1. The van der Waals surface area contributed by atoms with Gasteiger partial charge < -0.3 is 5.32 Å². The lowest BCUT2D eigenvalue weighted by atomic mass is 10.1. The van der Waals surface area contributed by atoms with E-state index < -0.39 is 0 Å². The molecule has 0 amide bonds. The first-order valence-corrected chi connectivity index (χ1v) is 7.44. The van der Waals surface area contributed by atoms with Crippen molar-refractivity contribution in [1.82, 2.24) is 5.32 Å². The smallest absolute Gasteiger partial charge is 0.0297 e. The molecule has 0 unspecified atom stereocenters. The maximum absolute atomic E-state index is 3.86. The van der Waals surface area contributed by atoms with E-state index in [9.17, 15) is 0 Å². The Labute approximate surface area is 128 Å². The predicted octanol–water partition coefficient (Wildman–Crippen LogP) is 5.00. The molecule has 0 saturated heterocycles. The fraction of sp³-hybridized carbons (Fsp3) is 0.200. The van der Waals surface area contributed by atoms with Crippen LogP contribution in [-0.4, -0.2) is 6.04 Å². The van der Waals surface area contributed by atoms with Crippen molar-refractivity contribution in [2.75, 3.05) is 0 Å². The van der Waals surface area contributed by atoms with E-state index in [2.05, 4.69) is 79.5 Å². The van der Waals surface area contributed by atoms with Crippen molar-refractivity contribution in [3.05, 3.63) is 90.5 Å². The zero-order chi connectivity index (χ0) is 14.9. The van der Waals surface area contributed by atoms with Crippen LogP contribution in [0.15, 0.2) is 79.4 Å². The van der Waals surface area contributed by atoms with E-state index in [0.717, 1.165) is 6.42 Å². The van der Waals surface area contributed by atoms with E-state index in [1.165, 1.54) is 11.1 Å². The molecule has 21 heavy (non-hydrogen) atoms. The van der Waals surface area contributed by atoms with E-state index >= 15 is 0 Å². The van der Waals surface area contributed by atoms with Crippen molar-refractivity contribution >= 4 is 6.08 Å². The molecule has 0 heterocycles. The molecule has 2 aromatic carbocycles. The summed E-state index contributed by atoms with van der Waals surface area (Å²) in [5, 5.41) is 3.65. The molecule has 108 valence electrons. The molecule has 0 aliphatic heterocycles.